The highest BCUT2D eigenvalue weighted by Crippen LogP contribution is 2.40. The smallest absolute Gasteiger partial charge is 0.231 e. The Morgan fingerprint density at radius 1 is 0.821 bits per heavy atom. The van der Waals surface area contributed by atoms with E-state index in [9.17, 15) is 0 Å². The van der Waals surface area contributed by atoms with Crippen LogP contribution in [0, 0.1) is 0 Å². The van der Waals surface area contributed by atoms with E-state index in [-0.39, 0.29) is 31.6 Å². The number of hydrogen-bond acceptors (Lipinski definition) is 4. The lowest BCUT2D eigenvalue weighted by atomic mass is 10.0. The molecule has 0 aliphatic carbocycles. The van der Waals surface area contributed by atoms with E-state index < -0.39 is 0 Å². The standard InChI is InChI=1S/C21H18NO4.2ClH/c1-22-10-13-7-17(23-2)18(24-3)8-15(13)14-5-4-12-6-19-20(26-11-25-19)9-16(12)21(14)22;;/h4-10H,11H2,1-3H3;2*1H/q+1;;/p-1. The molecule has 3 aromatic carbocycles. The number of halogens is 2. The summed E-state index contributed by atoms with van der Waals surface area (Å²) in [5, 5.41) is 5.62. The first-order valence-electron chi connectivity index (χ1n) is 8.40. The molecule has 7 heteroatoms. The van der Waals surface area contributed by atoms with Gasteiger partial charge in [0.1, 0.15) is 7.05 Å². The van der Waals surface area contributed by atoms with Crippen LogP contribution in [-0.4, -0.2) is 21.0 Å². The summed E-state index contributed by atoms with van der Waals surface area (Å²) < 4.78 is 24.2. The minimum Gasteiger partial charge on any atom is -1.00 e. The molecule has 28 heavy (non-hydrogen) atoms. The van der Waals surface area contributed by atoms with E-state index in [0.29, 0.717) is 0 Å². The molecule has 0 saturated carbocycles. The lowest BCUT2D eigenvalue weighted by Gasteiger charge is -2.11. The minimum atomic E-state index is 0. The van der Waals surface area contributed by atoms with Crippen LogP contribution in [0.15, 0.2) is 42.6 Å². The second-order valence-electron chi connectivity index (χ2n) is 6.42. The Balaban J connectivity index is 0.00000112. The van der Waals surface area contributed by atoms with Crippen LogP contribution in [0.2, 0.25) is 0 Å². The topological polar surface area (TPSA) is 40.8 Å². The molecule has 0 spiro atoms. The molecule has 0 saturated heterocycles. The Morgan fingerprint density at radius 2 is 1.50 bits per heavy atom. The van der Waals surface area contributed by atoms with Crippen molar-refractivity contribution in [2.75, 3.05) is 21.0 Å². The van der Waals surface area contributed by atoms with Crippen LogP contribution in [-0.2, 0) is 7.05 Å². The van der Waals surface area contributed by atoms with Crippen LogP contribution in [0.4, 0.5) is 0 Å². The molecule has 1 aliphatic heterocycles. The zero-order valence-corrected chi connectivity index (χ0v) is 17.2. The van der Waals surface area contributed by atoms with Crippen LogP contribution in [0.25, 0.3) is 32.4 Å². The molecule has 0 bridgehead atoms. The number of aryl methyl sites for hydroxylation is 1. The molecule has 146 valence electrons. The number of nitrogens with zero attached hydrogens (tertiary/aromatic N) is 1. The number of benzene rings is 3. The van der Waals surface area contributed by atoms with Crippen LogP contribution in [0.5, 0.6) is 23.0 Å². The zero-order chi connectivity index (χ0) is 17.8. The predicted molar refractivity (Wildman–Crippen MR) is 107 cm³/mol. The molecule has 0 amide bonds. The monoisotopic (exact) mass is 419 g/mol. The highest BCUT2D eigenvalue weighted by molar-refractivity contribution is 6.14. The van der Waals surface area contributed by atoms with Gasteiger partial charge >= 0.3 is 0 Å². The maximum atomic E-state index is 5.58. The van der Waals surface area contributed by atoms with Gasteiger partial charge in [0, 0.05) is 5.39 Å². The number of rotatable bonds is 2. The van der Waals surface area contributed by atoms with E-state index >= 15 is 0 Å². The summed E-state index contributed by atoms with van der Waals surface area (Å²) in [6.07, 6.45) is 2.11. The van der Waals surface area contributed by atoms with Gasteiger partial charge in [-0.15, -0.1) is 12.4 Å². The number of pyridine rings is 1. The van der Waals surface area contributed by atoms with Crippen molar-refractivity contribution < 1.29 is 35.9 Å². The van der Waals surface area contributed by atoms with Crippen molar-refractivity contribution in [2.45, 2.75) is 0 Å². The van der Waals surface area contributed by atoms with Gasteiger partial charge in [-0.2, -0.15) is 4.57 Å². The maximum absolute atomic E-state index is 5.58. The Hall–Kier alpha value is -2.63. The van der Waals surface area contributed by atoms with Gasteiger partial charge in [0.15, 0.2) is 29.2 Å². The molecular formula is C21H19Cl2NO4. The van der Waals surface area contributed by atoms with Gasteiger partial charge in [0.25, 0.3) is 0 Å². The average molecular weight is 420 g/mol. The van der Waals surface area contributed by atoms with Crippen LogP contribution < -0.4 is 35.9 Å². The lowest BCUT2D eigenvalue weighted by Crippen LogP contribution is -3.00. The first-order chi connectivity index (χ1) is 12.7. The fourth-order valence-electron chi connectivity index (χ4n) is 3.80. The number of hydrogen-bond donors (Lipinski definition) is 0. The van der Waals surface area contributed by atoms with Gasteiger partial charge in [-0.25, -0.2) is 0 Å². The van der Waals surface area contributed by atoms with E-state index in [2.05, 4.69) is 36.0 Å². The van der Waals surface area contributed by atoms with E-state index in [0.717, 1.165) is 55.4 Å². The summed E-state index contributed by atoms with van der Waals surface area (Å²) in [7, 11) is 5.37. The van der Waals surface area contributed by atoms with Gasteiger partial charge < -0.3 is 31.4 Å². The van der Waals surface area contributed by atoms with Gasteiger partial charge in [-0.3, -0.25) is 0 Å². The molecule has 1 aromatic heterocycles. The second kappa shape index (κ2) is 7.41. The van der Waals surface area contributed by atoms with E-state index in [1.807, 2.05) is 18.2 Å². The average Bonchev–Trinajstić information content (AvgIpc) is 3.12. The van der Waals surface area contributed by atoms with Crippen LogP contribution in [0.1, 0.15) is 0 Å². The van der Waals surface area contributed by atoms with Crippen molar-refractivity contribution in [1.82, 2.24) is 0 Å². The molecule has 2 heterocycles. The van der Waals surface area contributed by atoms with E-state index in [4.69, 9.17) is 18.9 Å². The largest absolute Gasteiger partial charge is 1.00 e. The fraction of sp³-hybridized carbons (Fsp3) is 0.190. The predicted octanol–water partition coefficient (Wildman–Crippen LogP) is 1.14. The van der Waals surface area contributed by atoms with Crippen molar-refractivity contribution in [2.24, 2.45) is 7.05 Å². The van der Waals surface area contributed by atoms with Gasteiger partial charge in [-0.05, 0) is 35.7 Å². The van der Waals surface area contributed by atoms with Gasteiger partial charge in [-0.1, -0.05) is 6.07 Å². The van der Waals surface area contributed by atoms with Gasteiger partial charge in [0.05, 0.1) is 30.4 Å². The van der Waals surface area contributed by atoms with Crippen molar-refractivity contribution in [3.63, 3.8) is 0 Å². The minimum absolute atomic E-state index is 0. The molecule has 1 aliphatic rings. The number of fused-ring (bicyclic) bond motifs is 6. The molecule has 0 radical (unpaired) electrons. The molecule has 5 rings (SSSR count). The van der Waals surface area contributed by atoms with Crippen molar-refractivity contribution in [3.8, 4) is 23.0 Å². The normalized spacial score (nSPS) is 12.0. The molecule has 4 aromatic rings. The summed E-state index contributed by atoms with van der Waals surface area (Å²) in [5.74, 6) is 3.04. The molecular weight excluding hydrogens is 401 g/mol. The summed E-state index contributed by atoms with van der Waals surface area (Å²) in [6, 6.07) is 12.4. The fourth-order valence-corrected chi connectivity index (χ4v) is 3.80. The summed E-state index contributed by atoms with van der Waals surface area (Å²) in [6.45, 7) is 0.273. The highest BCUT2D eigenvalue weighted by Gasteiger charge is 2.20. The highest BCUT2D eigenvalue weighted by atomic mass is 35.5. The number of methoxy groups -OCH3 is 2. The van der Waals surface area contributed by atoms with Crippen LogP contribution >= 0.6 is 12.4 Å². The maximum Gasteiger partial charge on any atom is 0.231 e. The SMILES string of the molecule is COc1cc2c[n+](C)c3c4cc5c(cc4ccc3c2cc1OC)OCO5.Cl.[Cl-]. The summed E-state index contributed by atoms with van der Waals surface area (Å²) in [4.78, 5) is 0. The second-order valence-corrected chi connectivity index (χ2v) is 6.42. The van der Waals surface area contributed by atoms with Gasteiger partial charge in [0.2, 0.25) is 12.3 Å². The molecule has 5 nitrogen and oxygen atoms in total. The molecule has 0 atom stereocenters. The first-order valence-corrected chi connectivity index (χ1v) is 8.40. The van der Waals surface area contributed by atoms with Crippen LogP contribution in [0.3, 0.4) is 0 Å². The molecule has 0 N–H and O–H groups in total. The summed E-state index contributed by atoms with van der Waals surface area (Å²) >= 11 is 0. The quantitative estimate of drug-likeness (QED) is 0.361. The third kappa shape index (κ3) is 2.82. The van der Waals surface area contributed by atoms with E-state index in [1.165, 1.54) is 0 Å². The Bertz CT molecular complexity index is 1210. The Labute approximate surface area is 174 Å². The van der Waals surface area contributed by atoms with Crippen molar-refractivity contribution in [1.29, 1.82) is 0 Å². The Kier molecular flexibility index (Phi) is 5.33. The number of ether oxygens (including phenoxy) is 4. The third-order valence-electron chi connectivity index (χ3n) is 5.02. The van der Waals surface area contributed by atoms with E-state index in [1.54, 1.807) is 14.2 Å². The third-order valence-corrected chi connectivity index (χ3v) is 5.02. The van der Waals surface area contributed by atoms with Crippen molar-refractivity contribution in [3.05, 3.63) is 42.6 Å². The summed E-state index contributed by atoms with van der Waals surface area (Å²) in [5.41, 5.74) is 1.14. The molecule has 0 unspecified atom stereocenters. The first kappa shape index (κ1) is 20.1. The van der Waals surface area contributed by atoms with Crippen molar-refractivity contribution >= 4 is 44.9 Å². The molecule has 0 fully saturated rings. The number of aromatic nitrogens is 1. The lowest BCUT2D eigenvalue weighted by molar-refractivity contribution is -0.642. The zero-order valence-electron chi connectivity index (χ0n) is 15.6. The Morgan fingerprint density at radius 3 is 2.21 bits per heavy atom.